The SMILES string of the molecule is CCCc1ccc(C(=O)/C(C#N)=C/c2ccccc2)cc1. The standard InChI is InChI=1S/C19H17NO/c1-2-6-15-9-11-17(12-10-15)19(21)18(14-20)13-16-7-4-3-5-8-16/h3-5,7-13H,2,6H2,1H3/b18-13+. The molecule has 2 aromatic carbocycles. The van der Waals surface area contributed by atoms with Crippen LogP contribution in [0.1, 0.15) is 34.8 Å². The van der Waals surface area contributed by atoms with Crippen LogP contribution in [0.2, 0.25) is 0 Å². The van der Waals surface area contributed by atoms with Crippen LogP contribution < -0.4 is 0 Å². The summed E-state index contributed by atoms with van der Waals surface area (Å²) in [5.74, 6) is -0.232. The molecule has 2 nitrogen and oxygen atoms in total. The second-order valence-electron chi connectivity index (χ2n) is 4.86. The van der Waals surface area contributed by atoms with Gasteiger partial charge < -0.3 is 0 Å². The predicted octanol–water partition coefficient (Wildman–Crippen LogP) is 4.43. The number of hydrogen-bond donors (Lipinski definition) is 0. The molecule has 0 radical (unpaired) electrons. The second kappa shape index (κ2) is 7.21. The van der Waals surface area contributed by atoms with Gasteiger partial charge in [0.1, 0.15) is 11.6 Å². The third kappa shape index (κ3) is 3.90. The molecular weight excluding hydrogens is 258 g/mol. The minimum Gasteiger partial charge on any atom is -0.288 e. The van der Waals surface area contributed by atoms with E-state index < -0.39 is 0 Å². The Morgan fingerprint density at radius 3 is 2.33 bits per heavy atom. The molecule has 0 heterocycles. The normalized spacial score (nSPS) is 11.0. The average molecular weight is 275 g/mol. The molecule has 0 aliphatic carbocycles. The van der Waals surface area contributed by atoms with Gasteiger partial charge in [0, 0.05) is 5.56 Å². The van der Waals surface area contributed by atoms with E-state index in [0.29, 0.717) is 5.56 Å². The summed E-state index contributed by atoms with van der Waals surface area (Å²) in [6.45, 7) is 2.12. The zero-order valence-corrected chi connectivity index (χ0v) is 12.0. The Labute approximate surface area is 125 Å². The molecule has 0 N–H and O–H groups in total. The summed E-state index contributed by atoms with van der Waals surface area (Å²) in [5.41, 5.74) is 2.77. The fourth-order valence-corrected chi connectivity index (χ4v) is 2.13. The molecule has 2 heteroatoms. The van der Waals surface area contributed by atoms with Crippen molar-refractivity contribution in [1.29, 1.82) is 5.26 Å². The first-order valence-corrected chi connectivity index (χ1v) is 7.05. The number of benzene rings is 2. The lowest BCUT2D eigenvalue weighted by molar-refractivity contribution is 0.104. The van der Waals surface area contributed by atoms with E-state index in [1.54, 1.807) is 18.2 Å². The van der Waals surface area contributed by atoms with Crippen LogP contribution in [0.15, 0.2) is 60.2 Å². The lowest BCUT2D eigenvalue weighted by Crippen LogP contribution is -2.02. The molecular formula is C19H17NO. The number of rotatable bonds is 5. The molecule has 0 atom stereocenters. The molecule has 2 rings (SSSR count). The van der Waals surface area contributed by atoms with E-state index in [9.17, 15) is 10.1 Å². The van der Waals surface area contributed by atoms with Crippen LogP contribution in [0.3, 0.4) is 0 Å². The first-order chi connectivity index (χ1) is 10.2. The Bertz CT molecular complexity index is 676. The summed E-state index contributed by atoms with van der Waals surface area (Å²) in [7, 11) is 0. The highest BCUT2D eigenvalue weighted by Gasteiger charge is 2.11. The van der Waals surface area contributed by atoms with Gasteiger partial charge in [0.05, 0.1) is 0 Å². The van der Waals surface area contributed by atoms with Crippen LogP contribution in [0.5, 0.6) is 0 Å². The van der Waals surface area contributed by atoms with E-state index in [2.05, 4.69) is 6.92 Å². The molecule has 0 amide bonds. The highest BCUT2D eigenvalue weighted by Crippen LogP contribution is 2.14. The number of ketones is 1. The van der Waals surface area contributed by atoms with E-state index >= 15 is 0 Å². The summed E-state index contributed by atoms with van der Waals surface area (Å²) in [4.78, 5) is 12.4. The summed E-state index contributed by atoms with van der Waals surface area (Å²) in [6.07, 6.45) is 3.70. The van der Waals surface area contributed by atoms with E-state index in [1.165, 1.54) is 5.56 Å². The maximum absolute atomic E-state index is 12.4. The first-order valence-electron chi connectivity index (χ1n) is 7.05. The fraction of sp³-hybridized carbons (Fsp3) is 0.158. The van der Waals surface area contributed by atoms with Crippen LogP contribution in [0.4, 0.5) is 0 Å². The van der Waals surface area contributed by atoms with Crippen molar-refractivity contribution in [3.63, 3.8) is 0 Å². The molecule has 0 fully saturated rings. The van der Waals surface area contributed by atoms with Gasteiger partial charge >= 0.3 is 0 Å². The molecule has 21 heavy (non-hydrogen) atoms. The average Bonchev–Trinajstić information content (AvgIpc) is 2.54. The largest absolute Gasteiger partial charge is 0.288 e. The Kier molecular flexibility index (Phi) is 5.06. The number of aryl methyl sites for hydroxylation is 1. The Hall–Kier alpha value is -2.66. The van der Waals surface area contributed by atoms with Gasteiger partial charge in [-0.25, -0.2) is 0 Å². The number of hydrogen-bond acceptors (Lipinski definition) is 2. The lowest BCUT2D eigenvalue weighted by atomic mass is 10.00. The van der Waals surface area contributed by atoms with Crippen molar-refractivity contribution >= 4 is 11.9 Å². The molecule has 0 saturated heterocycles. The minimum absolute atomic E-state index is 0.157. The lowest BCUT2D eigenvalue weighted by Gasteiger charge is -2.02. The Morgan fingerprint density at radius 2 is 1.76 bits per heavy atom. The second-order valence-corrected chi connectivity index (χ2v) is 4.86. The zero-order chi connectivity index (χ0) is 15.1. The van der Waals surface area contributed by atoms with Gasteiger partial charge in [-0.15, -0.1) is 0 Å². The van der Waals surface area contributed by atoms with E-state index in [0.717, 1.165) is 18.4 Å². The maximum atomic E-state index is 12.4. The zero-order valence-electron chi connectivity index (χ0n) is 12.0. The number of carbonyl (C=O) groups excluding carboxylic acids is 1. The van der Waals surface area contributed by atoms with Gasteiger partial charge in [-0.3, -0.25) is 4.79 Å². The topological polar surface area (TPSA) is 40.9 Å². The first kappa shape index (κ1) is 14.7. The highest BCUT2D eigenvalue weighted by atomic mass is 16.1. The maximum Gasteiger partial charge on any atom is 0.203 e. The van der Waals surface area contributed by atoms with Crippen molar-refractivity contribution in [2.24, 2.45) is 0 Å². The van der Waals surface area contributed by atoms with E-state index in [1.807, 2.05) is 48.5 Å². The predicted molar refractivity (Wildman–Crippen MR) is 84.8 cm³/mol. The quantitative estimate of drug-likeness (QED) is 0.460. The third-order valence-electron chi connectivity index (χ3n) is 3.23. The monoisotopic (exact) mass is 275 g/mol. The fourth-order valence-electron chi connectivity index (χ4n) is 2.13. The molecule has 0 aromatic heterocycles. The molecule has 0 aliphatic heterocycles. The van der Waals surface area contributed by atoms with Crippen LogP contribution in [-0.2, 0) is 6.42 Å². The van der Waals surface area contributed by atoms with Crippen LogP contribution in [0.25, 0.3) is 6.08 Å². The van der Waals surface area contributed by atoms with Crippen molar-refractivity contribution in [3.05, 3.63) is 76.9 Å². The summed E-state index contributed by atoms with van der Waals surface area (Å²) < 4.78 is 0. The summed E-state index contributed by atoms with van der Waals surface area (Å²) in [6, 6.07) is 18.9. The van der Waals surface area contributed by atoms with Gasteiger partial charge in [-0.05, 0) is 23.6 Å². The molecule has 0 aliphatic rings. The van der Waals surface area contributed by atoms with Crippen molar-refractivity contribution in [2.45, 2.75) is 19.8 Å². The van der Waals surface area contributed by atoms with Crippen LogP contribution >= 0.6 is 0 Å². The Balaban J connectivity index is 2.25. The Morgan fingerprint density at radius 1 is 1.10 bits per heavy atom. The van der Waals surface area contributed by atoms with Crippen molar-refractivity contribution in [3.8, 4) is 6.07 Å². The van der Waals surface area contributed by atoms with Gasteiger partial charge in [-0.2, -0.15) is 5.26 Å². The van der Waals surface area contributed by atoms with Crippen molar-refractivity contribution < 1.29 is 4.79 Å². The van der Waals surface area contributed by atoms with Crippen molar-refractivity contribution in [1.82, 2.24) is 0 Å². The van der Waals surface area contributed by atoms with Gasteiger partial charge in [0.25, 0.3) is 0 Å². The summed E-state index contributed by atoms with van der Waals surface area (Å²) in [5, 5.41) is 9.22. The molecule has 0 unspecified atom stereocenters. The number of allylic oxidation sites excluding steroid dienone is 1. The van der Waals surface area contributed by atoms with E-state index in [4.69, 9.17) is 0 Å². The third-order valence-corrected chi connectivity index (χ3v) is 3.23. The number of Topliss-reactive ketones (excluding diaryl/α,β-unsaturated/α-hetero) is 1. The molecule has 0 saturated carbocycles. The number of nitrogens with zero attached hydrogens (tertiary/aromatic N) is 1. The smallest absolute Gasteiger partial charge is 0.203 e. The van der Waals surface area contributed by atoms with Crippen LogP contribution in [-0.4, -0.2) is 5.78 Å². The molecule has 0 spiro atoms. The van der Waals surface area contributed by atoms with Gasteiger partial charge in [0.15, 0.2) is 0 Å². The highest BCUT2D eigenvalue weighted by molar-refractivity contribution is 6.14. The molecule has 0 bridgehead atoms. The minimum atomic E-state index is -0.232. The van der Waals surface area contributed by atoms with Crippen LogP contribution in [0, 0.1) is 11.3 Å². The van der Waals surface area contributed by atoms with Crippen molar-refractivity contribution in [2.75, 3.05) is 0 Å². The number of carbonyl (C=O) groups is 1. The van der Waals surface area contributed by atoms with Gasteiger partial charge in [-0.1, -0.05) is 67.9 Å². The molecule has 2 aromatic rings. The number of nitriles is 1. The summed E-state index contributed by atoms with van der Waals surface area (Å²) >= 11 is 0. The van der Waals surface area contributed by atoms with E-state index in [-0.39, 0.29) is 11.4 Å². The van der Waals surface area contributed by atoms with Gasteiger partial charge in [0.2, 0.25) is 5.78 Å². The molecule has 104 valence electrons.